The van der Waals surface area contributed by atoms with Crippen molar-refractivity contribution in [2.45, 2.75) is 38.7 Å². The van der Waals surface area contributed by atoms with Crippen molar-refractivity contribution >= 4 is 5.91 Å². The number of piperidine rings is 1. The Bertz CT molecular complexity index is 708. The minimum atomic E-state index is 0.0458. The largest absolute Gasteiger partial charge is 0.378 e. The van der Waals surface area contributed by atoms with E-state index in [1.165, 1.54) is 0 Å². The molecule has 0 unspecified atom stereocenters. The smallest absolute Gasteiger partial charge is 0.257 e. The quantitative estimate of drug-likeness (QED) is 0.764. The summed E-state index contributed by atoms with van der Waals surface area (Å²) in [4.78, 5) is 19.2. The Balaban J connectivity index is 1.67. The monoisotopic (exact) mass is 357 g/mol. The van der Waals surface area contributed by atoms with Gasteiger partial charge in [-0.05, 0) is 44.4 Å². The minimum absolute atomic E-state index is 0.0458. The number of hydrogen-bond acceptors (Lipinski definition) is 5. The van der Waals surface area contributed by atoms with E-state index in [0.29, 0.717) is 31.8 Å². The van der Waals surface area contributed by atoms with E-state index in [1.807, 2.05) is 30.0 Å². The van der Waals surface area contributed by atoms with Crippen LogP contribution in [0.15, 0.2) is 30.6 Å². The van der Waals surface area contributed by atoms with Gasteiger partial charge >= 0.3 is 0 Å². The molecule has 0 atom stereocenters. The van der Waals surface area contributed by atoms with Crippen LogP contribution in [0.5, 0.6) is 0 Å². The Hall–Kier alpha value is -2.25. The lowest BCUT2D eigenvalue weighted by Gasteiger charge is -2.32. The number of likely N-dealkylation sites (tertiary alicyclic amines) is 1. The van der Waals surface area contributed by atoms with Crippen molar-refractivity contribution in [2.24, 2.45) is 5.73 Å². The third kappa shape index (κ3) is 4.11. The molecule has 7 heteroatoms. The van der Waals surface area contributed by atoms with Crippen molar-refractivity contribution in [1.82, 2.24) is 19.7 Å². The maximum atomic E-state index is 13.0. The Kier molecular flexibility index (Phi) is 6.35. The van der Waals surface area contributed by atoms with E-state index < -0.39 is 0 Å². The molecular formula is C19H27N5O2. The Morgan fingerprint density at radius 3 is 2.81 bits per heavy atom. The van der Waals surface area contributed by atoms with Gasteiger partial charge in [-0.3, -0.25) is 4.79 Å². The highest BCUT2D eigenvalue weighted by atomic mass is 16.5. The van der Waals surface area contributed by atoms with Gasteiger partial charge in [-0.1, -0.05) is 13.0 Å². The van der Waals surface area contributed by atoms with E-state index in [-0.39, 0.29) is 12.0 Å². The van der Waals surface area contributed by atoms with Gasteiger partial charge in [0.2, 0.25) is 0 Å². The van der Waals surface area contributed by atoms with Crippen molar-refractivity contribution in [2.75, 3.05) is 26.2 Å². The van der Waals surface area contributed by atoms with E-state index in [2.05, 4.69) is 10.1 Å². The van der Waals surface area contributed by atoms with Crippen molar-refractivity contribution in [1.29, 1.82) is 0 Å². The fourth-order valence-corrected chi connectivity index (χ4v) is 3.30. The van der Waals surface area contributed by atoms with Crippen LogP contribution in [0.2, 0.25) is 0 Å². The molecular weight excluding hydrogens is 330 g/mol. The molecule has 1 amide bonds. The van der Waals surface area contributed by atoms with E-state index in [9.17, 15) is 4.79 Å². The molecule has 3 rings (SSSR count). The summed E-state index contributed by atoms with van der Waals surface area (Å²) in [6.45, 7) is 4.81. The number of nitrogens with two attached hydrogens (primary N) is 1. The number of pyridine rings is 1. The molecule has 1 saturated heterocycles. The summed E-state index contributed by atoms with van der Waals surface area (Å²) in [6, 6.07) is 5.68. The van der Waals surface area contributed by atoms with Crippen LogP contribution in [0.3, 0.4) is 0 Å². The molecule has 0 aromatic carbocycles. The normalized spacial score (nSPS) is 15.4. The van der Waals surface area contributed by atoms with Gasteiger partial charge in [-0.15, -0.1) is 0 Å². The summed E-state index contributed by atoms with van der Waals surface area (Å²) >= 11 is 0. The second-order valence-corrected chi connectivity index (χ2v) is 6.46. The van der Waals surface area contributed by atoms with Gasteiger partial charge in [-0.2, -0.15) is 5.10 Å². The Morgan fingerprint density at radius 2 is 2.15 bits per heavy atom. The first kappa shape index (κ1) is 18.5. The number of carbonyl (C=O) groups excluding carboxylic acids is 1. The first-order chi connectivity index (χ1) is 12.7. The third-order valence-electron chi connectivity index (χ3n) is 4.73. The first-order valence-corrected chi connectivity index (χ1v) is 9.33. The maximum Gasteiger partial charge on any atom is 0.257 e. The lowest BCUT2D eigenvalue weighted by atomic mass is 10.1. The molecule has 7 nitrogen and oxygen atoms in total. The van der Waals surface area contributed by atoms with Gasteiger partial charge in [0.1, 0.15) is 0 Å². The number of hydrogen-bond donors (Lipinski definition) is 1. The zero-order chi connectivity index (χ0) is 18.4. The molecule has 1 fully saturated rings. The highest BCUT2D eigenvalue weighted by Crippen LogP contribution is 2.20. The predicted molar refractivity (Wildman–Crippen MR) is 99.3 cm³/mol. The van der Waals surface area contributed by atoms with Crippen LogP contribution in [0.25, 0.3) is 5.82 Å². The van der Waals surface area contributed by atoms with Crippen LogP contribution in [0.1, 0.15) is 42.2 Å². The molecule has 0 spiro atoms. The van der Waals surface area contributed by atoms with Gasteiger partial charge in [0, 0.05) is 25.9 Å². The second-order valence-electron chi connectivity index (χ2n) is 6.46. The molecule has 0 saturated carbocycles. The molecule has 0 bridgehead atoms. The summed E-state index contributed by atoms with van der Waals surface area (Å²) in [5.41, 5.74) is 7.06. The van der Waals surface area contributed by atoms with Gasteiger partial charge in [0.15, 0.2) is 5.82 Å². The molecule has 3 heterocycles. The number of nitrogens with zero attached hydrogens (tertiary/aromatic N) is 4. The SMILES string of the molecule is CCc1c(C(=O)N2CCC(OCCCN)CC2)cnn1-c1ccccn1. The Labute approximate surface area is 154 Å². The van der Waals surface area contributed by atoms with Gasteiger partial charge in [0.05, 0.1) is 23.6 Å². The van der Waals surface area contributed by atoms with Crippen molar-refractivity contribution in [3.63, 3.8) is 0 Å². The molecule has 140 valence electrons. The highest BCUT2D eigenvalue weighted by Gasteiger charge is 2.27. The van der Waals surface area contributed by atoms with E-state index in [4.69, 9.17) is 10.5 Å². The molecule has 2 aromatic heterocycles. The second kappa shape index (κ2) is 8.91. The van der Waals surface area contributed by atoms with Crippen LogP contribution in [-0.4, -0.2) is 57.9 Å². The number of aromatic nitrogens is 3. The summed E-state index contributed by atoms with van der Waals surface area (Å²) in [5.74, 6) is 0.778. The van der Waals surface area contributed by atoms with E-state index in [0.717, 1.165) is 37.2 Å². The lowest BCUT2D eigenvalue weighted by molar-refractivity contribution is 0.00842. The van der Waals surface area contributed by atoms with Crippen LogP contribution < -0.4 is 5.73 Å². The molecule has 2 N–H and O–H groups in total. The zero-order valence-corrected chi connectivity index (χ0v) is 15.3. The van der Waals surface area contributed by atoms with E-state index in [1.54, 1.807) is 17.1 Å². The first-order valence-electron chi connectivity index (χ1n) is 9.33. The number of amides is 1. The molecule has 1 aliphatic heterocycles. The number of ether oxygens (including phenoxy) is 1. The average Bonchev–Trinajstić information content (AvgIpc) is 3.13. The molecule has 1 aliphatic rings. The summed E-state index contributed by atoms with van der Waals surface area (Å²) in [7, 11) is 0. The average molecular weight is 357 g/mol. The highest BCUT2D eigenvalue weighted by molar-refractivity contribution is 5.95. The maximum absolute atomic E-state index is 13.0. The van der Waals surface area contributed by atoms with Gasteiger partial charge in [0.25, 0.3) is 5.91 Å². The van der Waals surface area contributed by atoms with Crippen molar-refractivity contribution in [3.8, 4) is 5.82 Å². The van der Waals surface area contributed by atoms with Crippen LogP contribution in [-0.2, 0) is 11.2 Å². The number of carbonyl (C=O) groups is 1. The predicted octanol–water partition coefficient (Wildman–Crippen LogP) is 1.80. The topological polar surface area (TPSA) is 86.3 Å². The molecule has 0 radical (unpaired) electrons. The summed E-state index contributed by atoms with van der Waals surface area (Å²) < 4.78 is 7.58. The molecule has 2 aromatic rings. The van der Waals surface area contributed by atoms with Crippen LogP contribution in [0.4, 0.5) is 0 Å². The van der Waals surface area contributed by atoms with Crippen molar-refractivity contribution in [3.05, 3.63) is 41.9 Å². The fourth-order valence-electron chi connectivity index (χ4n) is 3.30. The lowest BCUT2D eigenvalue weighted by Crippen LogP contribution is -2.41. The van der Waals surface area contributed by atoms with Crippen LogP contribution in [0, 0.1) is 0 Å². The van der Waals surface area contributed by atoms with Gasteiger partial charge in [-0.25, -0.2) is 9.67 Å². The van der Waals surface area contributed by atoms with E-state index >= 15 is 0 Å². The van der Waals surface area contributed by atoms with Crippen molar-refractivity contribution < 1.29 is 9.53 Å². The molecule has 26 heavy (non-hydrogen) atoms. The standard InChI is InChI=1S/C19H27N5O2/c1-2-17-16(14-22-24(17)18-6-3-4-10-21-18)19(25)23-11-7-15(8-12-23)26-13-5-9-20/h3-4,6,10,14-15H,2,5,7-9,11-13,20H2,1H3. The summed E-state index contributed by atoms with van der Waals surface area (Å²) in [5, 5.41) is 4.41. The fraction of sp³-hybridized carbons (Fsp3) is 0.526. The zero-order valence-electron chi connectivity index (χ0n) is 15.3. The van der Waals surface area contributed by atoms with Gasteiger partial charge < -0.3 is 15.4 Å². The summed E-state index contributed by atoms with van der Waals surface area (Å²) in [6.07, 6.45) is 6.96. The number of rotatable bonds is 7. The third-order valence-corrected chi connectivity index (χ3v) is 4.73. The Morgan fingerprint density at radius 1 is 1.35 bits per heavy atom. The van der Waals surface area contributed by atoms with Crippen LogP contribution >= 0.6 is 0 Å². The molecule has 0 aliphatic carbocycles. The minimum Gasteiger partial charge on any atom is -0.378 e.